The van der Waals surface area contributed by atoms with Crippen molar-refractivity contribution in [1.29, 1.82) is 0 Å². The molecule has 1 fully saturated rings. The molecule has 0 unspecified atom stereocenters. The Bertz CT molecular complexity index is 656. The summed E-state index contributed by atoms with van der Waals surface area (Å²) in [6.45, 7) is 3.17. The molecular weight excluding hydrogens is 373 g/mol. The molecule has 9 heteroatoms. The Morgan fingerprint density at radius 3 is 2.25 bits per heavy atom. The van der Waals surface area contributed by atoms with Crippen molar-refractivity contribution in [3.63, 3.8) is 0 Å². The summed E-state index contributed by atoms with van der Waals surface area (Å²) in [6, 6.07) is 3.25. The van der Waals surface area contributed by atoms with Gasteiger partial charge in [-0.25, -0.2) is 0 Å². The molecule has 2 rings (SSSR count). The van der Waals surface area contributed by atoms with E-state index >= 15 is 0 Å². The standard InChI is InChI=1S/C19H27F3N4O2/c1-25-10-12-26(13-11-25)18(28)16(4-2-3-9-23)24-17(27)14-5-7-15(8-6-14)19(20,21)22/h5-8,16H,2-4,9-13,23H2,1H3,(H,24,27)/t16-/m0/s1. The van der Waals surface area contributed by atoms with E-state index < -0.39 is 23.7 Å². The molecule has 3 N–H and O–H groups in total. The first-order valence-electron chi connectivity index (χ1n) is 9.38. The molecule has 0 bridgehead atoms. The lowest BCUT2D eigenvalue weighted by Crippen LogP contribution is -2.54. The number of amides is 2. The number of rotatable bonds is 7. The van der Waals surface area contributed by atoms with Crippen molar-refractivity contribution in [2.45, 2.75) is 31.5 Å². The van der Waals surface area contributed by atoms with Crippen LogP contribution in [0.15, 0.2) is 24.3 Å². The summed E-state index contributed by atoms with van der Waals surface area (Å²) in [5, 5.41) is 2.69. The van der Waals surface area contributed by atoms with E-state index in [1.165, 1.54) is 0 Å². The molecule has 0 aliphatic carbocycles. The van der Waals surface area contributed by atoms with E-state index in [-0.39, 0.29) is 11.5 Å². The predicted octanol–water partition coefficient (Wildman–Crippen LogP) is 1.71. The number of hydrogen-bond acceptors (Lipinski definition) is 4. The number of halogens is 3. The van der Waals surface area contributed by atoms with Gasteiger partial charge in [-0.2, -0.15) is 13.2 Å². The number of benzene rings is 1. The van der Waals surface area contributed by atoms with E-state index in [0.29, 0.717) is 32.5 Å². The topological polar surface area (TPSA) is 78.7 Å². The Kier molecular flexibility index (Phi) is 7.82. The minimum atomic E-state index is -4.46. The molecule has 0 radical (unpaired) electrons. The van der Waals surface area contributed by atoms with E-state index in [1.54, 1.807) is 4.90 Å². The Morgan fingerprint density at radius 2 is 1.71 bits per heavy atom. The highest BCUT2D eigenvalue weighted by atomic mass is 19.4. The predicted molar refractivity (Wildman–Crippen MR) is 99.7 cm³/mol. The summed E-state index contributed by atoms with van der Waals surface area (Å²) >= 11 is 0. The van der Waals surface area contributed by atoms with Gasteiger partial charge in [0, 0.05) is 31.7 Å². The SMILES string of the molecule is CN1CCN(C(=O)[C@H](CCCCN)NC(=O)c2ccc(C(F)(F)F)cc2)CC1. The van der Waals surface area contributed by atoms with Gasteiger partial charge in [-0.05, 0) is 57.1 Å². The second kappa shape index (κ2) is 9.88. The fraction of sp³-hybridized carbons (Fsp3) is 0.579. The third-order valence-electron chi connectivity index (χ3n) is 4.84. The Balaban J connectivity index is 2.06. The van der Waals surface area contributed by atoms with Gasteiger partial charge in [0.25, 0.3) is 5.91 Å². The molecule has 6 nitrogen and oxygen atoms in total. The largest absolute Gasteiger partial charge is 0.416 e. The smallest absolute Gasteiger partial charge is 0.340 e. The lowest BCUT2D eigenvalue weighted by atomic mass is 10.1. The van der Waals surface area contributed by atoms with Crippen LogP contribution in [0, 0.1) is 0 Å². The number of nitrogens with two attached hydrogens (primary N) is 1. The molecule has 1 aromatic carbocycles. The molecule has 28 heavy (non-hydrogen) atoms. The van der Waals surface area contributed by atoms with Gasteiger partial charge in [0.05, 0.1) is 5.56 Å². The monoisotopic (exact) mass is 400 g/mol. The molecule has 156 valence electrons. The van der Waals surface area contributed by atoms with Crippen LogP contribution in [0.5, 0.6) is 0 Å². The Labute approximate surface area is 162 Å². The number of carbonyl (C=O) groups is 2. The number of hydrogen-bond donors (Lipinski definition) is 2. The van der Waals surface area contributed by atoms with Gasteiger partial charge in [0.2, 0.25) is 5.91 Å². The first kappa shape index (κ1) is 22.2. The molecule has 1 atom stereocenters. The average molecular weight is 400 g/mol. The second-order valence-corrected chi connectivity index (χ2v) is 7.01. The average Bonchev–Trinajstić information content (AvgIpc) is 2.66. The minimum Gasteiger partial charge on any atom is -0.340 e. The van der Waals surface area contributed by atoms with E-state index in [2.05, 4.69) is 10.2 Å². The number of piperazine rings is 1. The first-order valence-corrected chi connectivity index (χ1v) is 9.38. The zero-order valence-corrected chi connectivity index (χ0v) is 16.0. The first-order chi connectivity index (χ1) is 13.2. The summed E-state index contributed by atoms with van der Waals surface area (Å²) in [5.41, 5.74) is 4.77. The summed E-state index contributed by atoms with van der Waals surface area (Å²) in [5.74, 6) is -0.723. The number of unbranched alkanes of at least 4 members (excludes halogenated alkanes) is 1. The maximum atomic E-state index is 12.9. The van der Waals surface area contributed by atoms with E-state index in [9.17, 15) is 22.8 Å². The third kappa shape index (κ3) is 6.20. The quantitative estimate of drug-likeness (QED) is 0.683. The summed E-state index contributed by atoms with van der Waals surface area (Å²) in [7, 11) is 1.98. The molecule has 0 saturated carbocycles. The van der Waals surface area contributed by atoms with Crippen molar-refractivity contribution < 1.29 is 22.8 Å². The Morgan fingerprint density at radius 1 is 1.11 bits per heavy atom. The summed E-state index contributed by atoms with van der Waals surface area (Å²) < 4.78 is 38.0. The molecule has 1 aromatic rings. The number of nitrogens with zero attached hydrogens (tertiary/aromatic N) is 2. The van der Waals surface area contributed by atoms with Gasteiger partial charge in [0.15, 0.2) is 0 Å². The van der Waals surface area contributed by atoms with Gasteiger partial charge in [-0.1, -0.05) is 0 Å². The van der Waals surface area contributed by atoms with E-state index in [0.717, 1.165) is 43.8 Å². The molecule has 0 spiro atoms. The fourth-order valence-electron chi connectivity index (χ4n) is 3.05. The molecule has 2 amide bonds. The van der Waals surface area contributed by atoms with Crippen LogP contribution in [0.2, 0.25) is 0 Å². The normalized spacial score (nSPS) is 16.7. The van der Waals surface area contributed by atoms with Crippen molar-refractivity contribution in [2.24, 2.45) is 5.73 Å². The van der Waals surface area contributed by atoms with E-state index in [4.69, 9.17) is 5.73 Å². The lowest BCUT2D eigenvalue weighted by molar-refractivity contribution is -0.137. The summed E-state index contributed by atoms with van der Waals surface area (Å²) in [4.78, 5) is 29.2. The van der Waals surface area contributed by atoms with Gasteiger partial charge in [-0.15, -0.1) is 0 Å². The number of nitrogens with one attached hydrogen (secondary N) is 1. The van der Waals surface area contributed by atoms with Crippen LogP contribution >= 0.6 is 0 Å². The maximum Gasteiger partial charge on any atom is 0.416 e. The van der Waals surface area contributed by atoms with Crippen LogP contribution in [0.1, 0.15) is 35.2 Å². The van der Waals surface area contributed by atoms with E-state index in [1.807, 2.05) is 7.05 Å². The van der Waals surface area contributed by atoms with Crippen LogP contribution in [0.3, 0.4) is 0 Å². The molecular formula is C19H27F3N4O2. The Hall–Kier alpha value is -2.13. The van der Waals surface area contributed by atoms with Crippen LogP contribution < -0.4 is 11.1 Å². The van der Waals surface area contributed by atoms with Crippen molar-refractivity contribution in [3.05, 3.63) is 35.4 Å². The number of likely N-dealkylation sites (N-methyl/N-ethyl adjacent to an activating group) is 1. The van der Waals surface area contributed by atoms with Crippen LogP contribution in [0.25, 0.3) is 0 Å². The zero-order chi connectivity index (χ0) is 20.7. The highest BCUT2D eigenvalue weighted by Crippen LogP contribution is 2.29. The fourth-order valence-corrected chi connectivity index (χ4v) is 3.05. The van der Waals surface area contributed by atoms with Crippen LogP contribution in [-0.4, -0.2) is 67.4 Å². The highest BCUT2D eigenvalue weighted by Gasteiger charge is 2.31. The van der Waals surface area contributed by atoms with Gasteiger partial charge < -0.3 is 20.9 Å². The van der Waals surface area contributed by atoms with Crippen LogP contribution in [0.4, 0.5) is 13.2 Å². The van der Waals surface area contributed by atoms with Crippen LogP contribution in [-0.2, 0) is 11.0 Å². The molecule has 0 aromatic heterocycles. The zero-order valence-electron chi connectivity index (χ0n) is 16.0. The minimum absolute atomic E-state index is 0.0861. The van der Waals surface area contributed by atoms with Gasteiger partial charge >= 0.3 is 6.18 Å². The van der Waals surface area contributed by atoms with Gasteiger partial charge in [-0.3, -0.25) is 9.59 Å². The number of alkyl halides is 3. The van der Waals surface area contributed by atoms with Crippen molar-refractivity contribution in [2.75, 3.05) is 39.8 Å². The maximum absolute atomic E-state index is 12.9. The lowest BCUT2D eigenvalue weighted by Gasteiger charge is -2.34. The second-order valence-electron chi connectivity index (χ2n) is 7.01. The highest BCUT2D eigenvalue weighted by molar-refractivity contribution is 5.97. The molecule has 1 aliphatic heterocycles. The third-order valence-corrected chi connectivity index (χ3v) is 4.84. The molecule has 1 aliphatic rings. The van der Waals surface area contributed by atoms with Crippen molar-refractivity contribution in [3.8, 4) is 0 Å². The van der Waals surface area contributed by atoms with Gasteiger partial charge in [0.1, 0.15) is 6.04 Å². The molecule has 1 heterocycles. The van der Waals surface area contributed by atoms with Crippen molar-refractivity contribution >= 4 is 11.8 Å². The summed E-state index contributed by atoms with van der Waals surface area (Å²) in [6.07, 6.45) is -2.62. The van der Waals surface area contributed by atoms with Crippen molar-refractivity contribution in [1.82, 2.24) is 15.1 Å². The molecule has 1 saturated heterocycles. The number of carbonyl (C=O) groups excluding carboxylic acids is 2.